The molecular weight excluding hydrogens is 247 g/mol. The number of halogens is 2. The van der Waals surface area contributed by atoms with Crippen LogP contribution in [0.25, 0.3) is 0 Å². The van der Waals surface area contributed by atoms with E-state index in [1.54, 1.807) is 24.3 Å². The Bertz CT molecular complexity index is 353. The van der Waals surface area contributed by atoms with Crippen LogP contribution < -0.4 is 4.74 Å². The van der Waals surface area contributed by atoms with Crippen molar-refractivity contribution in [1.82, 2.24) is 0 Å². The summed E-state index contributed by atoms with van der Waals surface area (Å²) in [6.45, 7) is 2.09. The minimum atomic E-state index is -0.495. The van der Waals surface area contributed by atoms with Crippen molar-refractivity contribution in [3.05, 3.63) is 29.8 Å². The highest BCUT2D eigenvalue weighted by Gasteiger charge is 2.07. The fourth-order valence-electron chi connectivity index (χ4n) is 1.26. The maximum atomic E-state index is 10.9. The Labute approximate surface area is 106 Å². The molecule has 0 radical (unpaired) electrons. The highest BCUT2D eigenvalue weighted by Crippen LogP contribution is 2.19. The summed E-state index contributed by atoms with van der Waals surface area (Å²) in [5.41, 5.74) is 0.0548. The van der Waals surface area contributed by atoms with E-state index in [-0.39, 0.29) is 5.56 Å². The molecule has 1 rings (SSSR count). The second-order valence-electron chi connectivity index (χ2n) is 3.47. The first kappa shape index (κ1) is 13.3. The zero-order chi connectivity index (χ0) is 12.0. The van der Waals surface area contributed by atoms with Crippen LogP contribution in [0, 0.1) is 0 Å². The summed E-state index contributed by atoms with van der Waals surface area (Å²) < 4.78 is 5.46. The second-order valence-corrected chi connectivity index (χ2v) is 4.30. The molecule has 0 aromatic heterocycles. The highest BCUT2D eigenvalue weighted by atomic mass is 35.5. The molecule has 88 valence electrons. The first-order valence-electron chi connectivity index (χ1n) is 5.24. The number of carbonyl (C=O) groups excluding carboxylic acids is 1. The van der Waals surface area contributed by atoms with Crippen LogP contribution >= 0.6 is 23.2 Å². The fraction of sp³-hybridized carbons (Fsp3) is 0.417. The lowest BCUT2D eigenvalue weighted by molar-refractivity contribution is 0.108. The molecule has 1 atom stereocenters. The summed E-state index contributed by atoms with van der Waals surface area (Å²) in [5.74, 6) is 0.572. The van der Waals surface area contributed by atoms with Crippen molar-refractivity contribution < 1.29 is 9.53 Å². The largest absolute Gasteiger partial charge is 0.475 e. The SMILES string of the molecule is CCCCC(Cl)Oc1cccc(C(=O)Cl)c1. The summed E-state index contributed by atoms with van der Waals surface area (Å²) in [7, 11) is 0. The van der Waals surface area contributed by atoms with Gasteiger partial charge in [-0.3, -0.25) is 4.79 Å². The lowest BCUT2D eigenvalue weighted by Crippen LogP contribution is -2.08. The first-order valence-corrected chi connectivity index (χ1v) is 6.05. The van der Waals surface area contributed by atoms with Crippen molar-refractivity contribution in [2.24, 2.45) is 0 Å². The zero-order valence-corrected chi connectivity index (χ0v) is 10.6. The molecule has 0 amide bonds. The van der Waals surface area contributed by atoms with Gasteiger partial charge in [-0.1, -0.05) is 31.0 Å². The van der Waals surface area contributed by atoms with Crippen LogP contribution in [-0.2, 0) is 0 Å². The molecule has 0 heterocycles. The van der Waals surface area contributed by atoms with Crippen molar-refractivity contribution in [3.63, 3.8) is 0 Å². The molecular formula is C12H14Cl2O2. The predicted molar refractivity (Wildman–Crippen MR) is 66.4 cm³/mol. The summed E-state index contributed by atoms with van der Waals surface area (Å²) in [6, 6.07) is 6.70. The molecule has 2 nitrogen and oxygen atoms in total. The van der Waals surface area contributed by atoms with Crippen molar-refractivity contribution in [1.29, 1.82) is 0 Å². The van der Waals surface area contributed by atoms with Crippen LogP contribution in [0.1, 0.15) is 36.5 Å². The van der Waals surface area contributed by atoms with Gasteiger partial charge in [0, 0.05) is 5.56 Å². The van der Waals surface area contributed by atoms with Crippen molar-refractivity contribution >= 4 is 28.4 Å². The van der Waals surface area contributed by atoms with Gasteiger partial charge in [0.25, 0.3) is 5.24 Å². The highest BCUT2D eigenvalue weighted by molar-refractivity contribution is 6.67. The van der Waals surface area contributed by atoms with Gasteiger partial charge in [-0.2, -0.15) is 0 Å². The van der Waals surface area contributed by atoms with Crippen LogP contribution in [0.15, 0.2) is 24.3 Å². The minimum Gasteiger partial charge on any atom is -0.475 e. The number of carbonyl (C=O) groups is 1. The molecule has 0 spiro atoms. The topological polar surface area (TPSA) is 26.3 Å². The monoisotopic (exact) mass is 260 g/mol. The lowest BCUT2D eigenvalue weighted by atomic mass is 10.2. The molecule has 0 aliphatic rings. The van der Waals surface area contributed by atoms with Gasteiger partial charge in [-0.15, -0.1) is 0 Å². The molecule has 1 unspecified atom stereocenters. The van der Waals surface area contributed by atoms with Gasteiger partial charge >= 0.3 is 0 Å². The first-order chi connectivity index (χ1) is 7.63. The maximum absolute atomic E-state index is 10.9. The van der Waals surface area contributed by atoms with E-state index < -0.39 is 5.24 Å². The third kappa shape index (κ3) is 4.42. The Kier molecular flexibility index (Phi) is 5.64. The van der Waals surface area contributed by atoms with E-state index in [2.05, 4.69) is 6.92 Å². The lowest BCUT2D eigenvalue weighted by Gasteiger charge is -2.12. The van der Waals surface area contributed by atoms with Gasteiger partial charge < -0.3 is 4.74 Å². The Morgan fingerprint density at radius 3 is 2.88 bits per heavy atom. The molecule has 0 saturated heterocycles. The number of ether oxygens (including phenoxy) is 1. The third-order valence-electron chi connectivity index (χ3n) is 2.11. The van der Waals surface area contributed by atoms with Crippen LogP contribution in [0.3, 0.4) is 0 Å². The van der Waals surface area contributed by atoms with E-state index >= 15 is 0 Å². The molecule has 0 aliphatic heterocycles. The van der Waals surface area contributed by atoms with Crippen LogP contribution in [0.5, 0.6) is 5.75 Å². The van der Waals surface area contributed by atoms with Crippen molar-refractivity contribution in [3.8, 4) is 5.75 Å². The quantitative estimate of drug-likeness (QED) is 0.566. The number of hydrogen-bond donors (Lipinski definition) is 0. The van der Waals surface area contributed by atoms with Gasteiger partial charge in [0.2, 0.25) is 0 Å². The van der Waals surface area contributed by atoms with Gasteiger partial charge in [0.1, 0.15) is 5.75 Å². The normalized spacial score (nSPS) is 12.2. The summed E-state index contributed by atoms with van der Waals surface area (Å²) in [5, 5.41) is -0.495. The molecule has 4 heteroatoms. The maximum Gasteiger partial charge on any atom is 0.252 e. The molecule has 16 heavy (non-hydrogen) atoms. The van der Waals surface area contributed by atoms with Crippen LogP contribution in [0.2, 0.25) is 0 Å². The average molecular weight is 261 g/mol. The Morgan fingerprint density at radius 2 is 2.25 bits per heavy atom. The number of benzene rings is 1. The Balaban J connectivity index is 2.59. The van der Waals surface area contributed by atoms with E-state index in [1.807, 2.05) is 0 Å². The average Bonchev–Trinajstić information content (AvgIpc) is 2.26. The second kappa shape index (κ2) is 6.77. The number of unbranched alkanes of at least 4 members (excludes halogenated alkanes) is 1. The Morgan fingerprint density at radius 1 is 1.50 bits per heavy atom. The van der Waals surface area contributed by atoms with E-state index in [0.717, 1.165) is 19.3 Å². The molecule has 0 aliphatic carbocycles. The summed E-state index contributed by atoms with van der Waals surface area (Å²) in [4.78, 5) is 10.9. The van der Waals surface area contributed by atoms with E-state index in [1.165, 1.54) is 0 Å². The zero-order valence-electron chi connectivity index (χ0n) is 9.08. The smallest absolute Gasteiger partial charge is 0.252 e. The molecule has 1 aromatic carbocycles. The van der Waals surface area contributed by atoms with Gasteiger partial charge in [-0.25, -0.2) is 0 Å². The number of hydrogen-bond acceptors (Lipinski definition) is 2. The van der Waals surface area contributed by atoms with E-state index in [9.17, 15) is 4.79 Å². The summed E-state index contributed by atoms with van der Waals surface area (Å²) in [6.07, 6.45) is 2.88. The Hall–Kier alpha value is -0.730. The van der Waals surface area contributed by atoms with Gasteiger partial charge in [-0.05, 0) is 42.6 Å². The molecule has 0 bridgehead atoms. The van der Waals surface area contributed by atoms with Gasteiger partial charge in [0.15, 0.2) is 5.56 Å². The predicted octanol–water partition coefficient (Wildman–Crippen LogP) is 4.20. The number of rotatable bonds is 6. The van der Waals surface area contributed by atoms with Crippen molar-refractivity contribution in [2.45, 2.75) is 31.7 Å². The van der Waals surface area contributed by atoms with E-state index in [0.29, 0.717) is 11.3 Å². The van der Waals surface area contributed by atoms with E-state index in [4.69, 9.17) is 27.9 Å². The standard InChI is InChI=1S/C12H14Cl2O2/c1-2-3-7-11(13)16-10-6-4-5-9(8-10)12(14)15/h4-6,8,11H,2-3,7H2,1H3. The minimum absolute atomic E-state index is 0.361. The fourth-order valence-corrected chi connectivity index (χ4v) is 1.64. The third-order valence-corrected chi connectivity index (χ3v) is 2.64. The molecule has 0 fully saturated rings. The molecule has 0 N–H and O–H groups in total. The van der Waals surface area contributed by atoms with Gasteiger partial charge in [0.05, 0.1) is 0 Å². The van der Waals surface area contributed by atoms with Crippen molar-refractivity contribution in [2.75, 3.05) is 0 Å². The molecule has 0 saturated carbocycles. The molecule has 1 aromatic rings. The summed E-state index contributed by atoms with van der Waals surface area (Å²) >= 11 is 11.4. The number of alkyl halides is 1. The van der Waals surface area contributed by atoms with Crippen LogP contribution in [-0.4, -0.2) is 10.8 Å². The van der Waals surface area contributed by atoms with Crippen LogP contribution in [0.4, 0.5) is 0 Å².